The first-order chi connectivity index (χ1) is 6.65. The summed E-state index contributed by atoms with van der Waals surface area (Å²) in [5.41, 5.74) is 3.95. The van der Waals surface area contributed by atoms with Crippen molar-refractivity contribution in [2.45, 2.75) is 33.1 Å². The van der Waals surface area contributed by atoms with Gasteiger partial charge in [-0.25, -0.2) is 0 Å². The highest BCUT2D eigenvalue weighted by Crippen LogP contribution is 2.22. The second kappa shape index (κ2) is 5.30. The molecule has 0 aliphatic rings. The van der Waals surface area contributed by atoms with Gasteiger partial charge in [0.1, 0.15) is 0 Å². The van der Waals surface area contributed by atoms with E-state index in [9.17, 15) is 0 Å². The van der Waals surface area contributed by atoms with Gasteiger partial charge in [0.25, 0.3) is 0 Å². The molecule has 0 radical (unpaired) electrons. The lowest BCUT2D eigenvalue weighted by molar-refractivity contribution is 1.10. The molecule has 2 heteroatoms. The Hall–Kier alpha value is -0.630. The van der Waals surface area contributed by atoms with Gasteiger partial charge in [0, 0.05) is 5.69 Å². The average Bonchev–Trinajstić information content (AvgIpc) is 2.12. The van der Waals surface area contributed by atoms with Gasteiger partial charge in [-0.2, -0.15) is 0 Å². The Morgan fingerprint density at radius 2 is 1.86 bits per heavy atom. The predicted molar refractivity (Wildman–Crippen MR) is 67.1 cm³/mol. The smallest absolute Gasteiger partial charge is 0.0694 e. The van der Waals surface area contributed by atoms with E-state index in [1.54, 1.807) is 0 Å². The third-order valence-electron chi connectivity index (χ3n) is 2.25. The van der Waals surface area contributed by atoms with E-state index in [1.807, 2.05) is 11.8 Å². The third-order valence-corrected chi connectivity index (χ3v) is 3.20. The van der Waals surface area contributed by atoms with Crippen molar-refractivity contribution in [3.05, 3.63) is 29.3 Å². The highest BCUT2D eigenvalue weighted by molar-refractivity contribution is 7.99. The highest BCUT2D eigenvalue weighted by atomic mass is 32.2. The summed E-state index contributed by atoms with van der Waals surface area (Å²) in [7, 11) is 0. The van der Waals surface area contributed by atoms with Gasteiger partial charge < -0.3 is 5.32 Å². The Balaban J connectivity index is 2.75. The van der Waals surface area contributed by atoms with E-state index in [2.05, 4.69) is 51.2 Å². The number of para-hydroxylation sites is 1. The van der Waals surface area contributed by atoms with E-state index in [4.69, 9.17) is 0 Å². The lowest BCUT2D eigenvalue weighted by atomic mass is 10.1. The highest BCUT2D eigenvalue weighted by Gasteiger charge is 2.05. The number of rotatable bonds is 4. The SMILES string of the molecule is CCSC(C)Nc1c(C)cccc1C. The van der Waals surface area contributed by atoms with Crippen LogP contribution in [-0.2, 0) is 0 Å². The van der Waals surface area contributed by atoms with Gasteiger partial charge in [-0.15, -0.1) is 11.8 Å². The molecule has 0 aliphatic carbocycles. The molecule has 0 aliphatic heterocycles. The van der Waals surface area contributed by atoms with Gasteiger partial charge in [-0.1, -0.05) is 25.1 Å². The minimum Gasteiger partial charge on any atom is -0.373 e. The molecule has 0 amide bonds. The minimum atomic E-state index is 0.486. The molecule has 78 valence electrons. The fourth-order valence-corrected chi connectivity index (χ4v) is 2.24. The van der Waals surface area contributed by atoms with Crippen LogP contribution in [0.4, 0.5) is 5.69 Å². The fraction of sp³-hybridized carbons (Fsp3) is 0.500. The molecule has 0 spiro atoms. The first-order valence-electron chi connectivity index (χ1n) is 5.09. The Bertz CT molecular complexity index is 276. The van der Waals surface area contributed by atoms with Gasteiger partial charge in [0.2, 0.25) is 0 Å². The summed E-state index contributed by atoms with van der Waals surface area (Å²) in [6.07, 6.45) is 0. The van der Waals surface area contributed by atoms with Crippen LogP contribution in [0.1, 0.15) is 25.0 Å². The molecule has 0 heterocycles. The molecule has 1 aromatic rings. The van der Waals surface area contributed by atoms with E-state index in [-0.39, 0.29) is 0 Å². The van der Waals surface area contributed by atoms with Gasteiger partial charge in [0.15, 0.2) is 0 Å². The van der Waals surface area contributed by atoms with Gasteiger partial charge in [-0.3, -0.25) is 0 Å². The number of anilines is 1. The molecule has 0 aromatic heterocycles. The van der Waals surface area contributed by atoms with E-state index >= 15 is 0 Å². The minimum absolute atomic E-state index is 0.486. The third kappa shape index (κ3) is 2.95. The molecule has 1 rings (SSSR count). The summed E-state index contributed by atoms with van der Waals surface area (Å²) >= 11 is 1.93. The van der Waals surface area contributed by atoms with Crippen molar-refractivity contribution in [2.24, 2.45) is 0 Å². The lowest BCUT2D eigenvalue weighted by Gasteiger charge is -2.17. The zero-order valence-corrected chi connectivity index (χ0v) is 10.2. The van der Waals surface area contributed by atoms with Crippen LogP contribution in [0.5, 0.6) is 0 Å². The first kappa shape index (κ1) is 11.4. The maximum atomic E-state index is 3.54. The van der Waals surface area contributed by atoms with E-state index in [1.165, 1.54) is 16.8 Å². The van der Waals surface area contributed by atoms with E-state index in [0.717, 1.165) is 5.75 Å². The second-order valence-corrected chi connectivity index (χ2v) is 5.13. The van der Waals surface area contributed by atoms with Crippen molar-refractivity contribution in [1.29, 1.82) is 0 Å². The van der Waals surface area contributed by atoms with Crippen molar-refractivity contribution in [2.75, 3.05) is 11.1 Å². The van der Waals surface area contributed by atoms with Crippen molar-refractivity contribution in [1.82, 2.24) is 0 Å². The number of aryl methyl sites for hydroxylation is 2. The molecule has 1 aromatic carbocycles. The standard InChI is InChI=1S/C12H19NS/c1-5-14-11(4)13-12-9(2)7-6-8-10(12)3/h6-8,11,13H,5H2,1-4H3. The van der Waals surface area contributed by atoms with E-state index < -0.39 is 0 Å². The molecular formula is C12H19NS. The molecule has 0 saturated carbocycles. The summed E-state index contributed by atoms with van der Waals surface area (Å²) in [5.74, 6) is 1.15. The molecule has 0 saturated heterocycles. The Labute approximate surface area is 91.3 Å². The van der Waals surface area contributed by atoms with Crippen LogP contribution in [-0.4, -0.2) is 11.1 Å². The van der Waals surface area contributed by atoms with Gasteiger partial charge >= 0.3 is 0 Å². The number of thioether (sulfide) groups is 1. The molecule has 0 fully saturated rings. The van der Waals surface area contributed by atoms with Crippen LogP contribution in [0, 0.1) is 13.8 Å². The summed E-state index contributed by atoms with van der Waals surface area (Å²) in [6.45, 7) is 8.70. The molecule has 1 nitrogen and oxygen atoms in total. The Kier molecular flexibility index (Phi) is 4.33. The lowest BCUT2D eigenvalue weighted by Crippen LogP contribution is -2.12. The topological polar surface area (TPSA) is 12.0 Å². The number of hydrogen-bond acceptors (Lipinski definition) is 2. The Morgan fingerprint density at radius 3 is 2.36 bits per heavy atom. The monoisotopic (exact) mass is 209 g/mol. The Morgan fingerprint density at radius 1 is 1.29 bits per heavy atom. The normalized spacial score (nSPS) is 12.6. The summed E-state index contributed by atoms with van der Waals surface area (Å²) in [4.78, 5) is 0. The van der Waals surface area contributed by atoms with Crippen molar-refractivity contribution in [3.63, 3.8) is 0 Å². The molecule has 1 N–H and O–H groups in total. The number of benzene rings is 1. The molecule has 0 bridgehead atoms. The van der Waals surface area contributed by atoms with E-state index in [0.29, 0.717) is 5.37 Å². The average molecular weight is 209 g/mol. The van der Waals surface area contributed by atoms with Crippen LogP contribution in [0.3, 0.4) is 0 Å². The van der Waals surface area contributed by atoms with Gasteiger partial charge in [0.05, 0.1) is 5.37 Å². The molecular weight excluding hydrogens is 190 g/mol. The maximum Gasteiger partial charge on any atom is 0.0694 e. The second-order valence-electron chi connectivity index (χ2n) is 3.51. The number of hydrogen-bond donors (Lipinski definition) is 1. The molecule has 1 unspecified atom stereocenters. The maximum absolute atomic E-state index is 3.54. The zero-order chi connectivity index (χ0) is 10.6. The summed E-state index contributed by atoms with van der Waals surface area (Å²) in [6, 6.07) is 6.41. The van der Waals surface area contributed by atoms with Crippen LogP contribution in [0.2, 0.25) is 0 Å². The summed E-state index contributed by atoms with van der Waals surface area (Å²) in [5, 5.41) is 4.03. The van der Waals surface area contributed by atoms with Crippen molar-refractivity contribution >= 4 is 17.4 Å². The largest absolute Gasteiger partial charge is 0.373 e. The molecule has 14 heavy (non-hydrogen) atoms. The zero-order valence-electron chi connectivity index (χ0n) is 9.42. The van der Waals surface area contributed by atoms with Crippen molar-refractivity contribution in [3.8, 4) is 0 Å². The number of nitrogens with one attached hydrogen (secondary N) is 1. The van der Waals surface area contributed by atoms with Crippen molar-refractivity contribution < 1.29 is 0 Å². The predicted octanol–water partition coefficient (Wildman–Crippen LogP) is 3.81. The van der Waals surface area contributed by atoms with Crippen LogP contribution >= 0.6 is 11.8 Å². The molecule has 1 atom stereocenters. The van der Waals surface area contributed by atoms with Gasteiger partial charge in [-0.05, 0) is 37.7 Å². The van der Waals surface area contributed by atoms with Crippen LogP contribution in [0.25, 0.3) is 0 Å². The first-order valence-corrected chi connectivity index (χ1v) is 6.14. The quantitative estimate of drug-likeness (QED) is 0.757. The fourth-order valence-electron chi connectivity index (χ4n) is 1.54. The van der Waals surface area contributed by atoms with Crippen LogP contribution in [0.15, 0.2) is 18.2 Å². The summed E-state index contributed by atoms with van der Waals surface area (Å²) < 4.78 is 0. The van der Waals surface area contributed by atoms with Crippen LogP contribution < -0.4 is 5.32 Å².